The first-order chi connectivity index (χ1) is 13.5. The van der Waals surface area contributed by atoms with Crippen molar-refractivity contribution in [3.8, 4) is 11.8 Å². The molecule has 0 spiro atoms. The molecule has 2 N–H and O–H groups in total. The van der Waals surface area contributed by atoms with Crippen molar-refractivity contribution in [1.82, 2.24) is 0 Å². The van der Waals surface area contributed by atoms with Crippen molar-refractivity contribution in [2.45, 2.75) is 29.8 Å². The van der Waals surface area contributed by atoms with Gasteiger partial charge in [-0.3, -0.25) is 0 Å². The number of aromatic carboxylic acids is 1. The van der Waals surface area contributed by atoms with Gasteiger partial charge in [0.15, 0.2) is 0 Å². The van der Waals surface area contributed by atoms with E-state index in [1.165, 1.54) is 11.9 Å². The summed E-state index contributed by atoms with van der Waals surface area (Å²) in [6.07, 6.45) is 2.16. The molecule has 1 saturated carbocycles. The van der Waals surface area contributed by atoms with Crippen LogP contribution in [0, 0.1) is 11.3 Å². The zero-order valence-corrected chi connectivity index (χ0v) is 16.3. The van der Waals surface area contributed by atoms with Gasteiger partial charge in [0.25, 0.3) is 0 Å². The van der Waals surface area contributed by atoms with Gasteiger partial charge < -0.3 is 19.3 Å². The van der Waals surface area contributed by atoms with Crippen LogP contribution in [-0.2, 0) is 4.74 Å². The van der Waals surface area contributed by atoms with Crippen LogP contribution in [0.25, 0.3) is 0 Å². The summed E-state index contributed by atoms with van der Waals surface area (Å²) in [6, 6.07) is 10.5. The lowest BCUT2D eigenvalue weighted by atomic mass is 10.1. The first-order valence-corrected chi connectivity index (χ1v) is 10.0. The van der Waals surface area contributed by atoms with Gasteiger partial charge in [0.1, 0.15) is 17.9 Å². The Morgan fingerprint density at radius 1 is 1.32 bits per heavy atom. The Balaban J connectivity index is 1.61. The fraction of sp³-hybridized carbons (Fsp3) is 0.300. The molecule has 144 valence electrons. The number of anilines is 1. The Bertz CT molecular complexity index is 967. The topological polar surface area (TPSA) is 91.6 Å². The number of nitrogens with one attached hydrogen (secondary N) is 1. The highest BCUT2D eigenvalue weighted by molar-refractivity contribution is 8.00. The number of carboxylic acid groups (broad SMARTS) is 1. The fourth-order valence-corrected chi connectivity index (χ4v) is 3.99. The standard InChI is InChI=1S/C20H17ClN2O4S/c21-16-7-18(27-14-9-26-10-14)17(5-13(16)8-22)23-28-19-6-12(20(24)25)3-4-15(19)11-1-2-11/h3-7,11,14,23H,1-2,9-10H2,(H,24,25). The minimum Gasteiger partial charge on any atom is -0.483 e. The molecule has 28 heavy (non-hydrogen) atoms. The van der Waals surface area contributed by atoms with Crippen LogP contribution in [0.4, 0.5) is 5.69 Å². The number of nitrogens with zero attached hydrogens (tertiary/aromatic N) is 1. The second-order valence-electron chi connectivity index (χ2n) is 6.75. The van der Waals surface area contributed by atoms with Crippen LogP contribution in [0.1, 0.15) is 40.2 Å². The van der Waals surface area contributed by atoms with Crippen LogP contribution in [0.5, 0.6) is 5.75 Å². The molecule has 2 aromatic carbocycles. The lowest BCUT2D eigenvalue weighted by Gasteiger charge is -2.28. The highest BCUT2D eigenvalue weighted by Crippen LogP contribution is 2.45. The minimum atomic E-state index is -0.962. The summed E-state index contributed by atoms with van der Waals surface area (Å²) in [4.78, 5) is 12.2. The summed E-state index contributed by atoms with van der Waals surface area (Å²) < 4.78 is 14.3. The van der Waals surface area contributed by atoms with E-state index >= 15 is 0 Å². The maximum atomic E-state index is 11.3. The van der Waals surface area contributed by atoms with Crippen LogP contribution in [-0.4, -0.2) is 30.4 Å². The second kappa shape index (κ2) is 7.92. The van der Waals surface area contributed by atoms with Crippen LogP contribution in [0.2, 0.25) is 5.02 Å². The maximum Gasteiger partial charge on any atom is 0.335 e. The van der Waals surface area contributed by atoms with E-state index in [1.807, 2.05) is 6.07 Å². The lowest BCUT2D eigenvalue weighted by molar-refractivity contribution is -0.0793. The Hall–Kier alpha value is -2.40. The molecule has 0 unspecified atom stereocenters. The van der Waals surface area contributed by atoms with Crippen molar-refractivity contribution >= 4 is 35.2 Å². The van der Waals surface area contributed by atoms with Gasteiger partial charge in [-0.15, -0.1) is 0 Å². The smallest absolute Gasteiger partial charge is 0.335 e. The highest BCUT2D eigenvalue weighted by Gasteiger charge is 2.27. The average Bonchev–Trinajstić information content (AvgIpc) is 3.48. The molecule has 1 saturated heterocycles. The van der Waals surface area contributed by atoms with Gasteiger partial charge in [-0.25, -0.2) is 4.79 Å². The van der Waals surface area contributed by atoms with Gasteiger partial charge in [-0.1, -0.05) is 17.7 Å². The molecule has 4 rings (SSSR count). The number of nitriles is 1. The quantitative estimate of drug-likeness (QED) is 0.633. The number of carboxylic acids is 1. The van der Waals surface area contributed by atoms with Gasteiger partial charge >= 0.3 is 5.97 Å². The fourth-order valence-electron chi connectivity index (χ4n) is 2.88. The molecule has 0 atom stereocenters. The number of halogens is 1. The van der Waals surface area contributed by atoms with E-state index in [0.29, 0.717) is 41.2 Å². The molecule has 0 bridgehead atoms. The summed E-state index contributed by atoms with van der Waals surface area (Å²) in [6.45, 7) is 1.02. The van der Waals surface area contributed by atoms with E-state index in [9.17, 15) is 15.2 Å². The first-order valence-electron chi connectivity index (χ1n) is 8.83. The molecule has 2 aromatic rings. The van der Waals surface area contributed by atoms with Crippen LogP contribution < -0.4 is 9.46 Å². The van der Waals surface area contributed by atoms with Gasteiger partial charge in [0.05, 0.1) is 35.1 Å². The minimum absolute atomic E-state index is 0.0492. The van der Waals surface area contributed by atoms with Crippen molar-refractivity contribution in [2.24, 2.45) is 0 Å². The normalized spacial score (nSPS) is 16.1. The predicted octanol–water partition coefficient (Wildman–Crippen LogP) is 4.68. The Kier molecular flexibility index (Phi) is 5.36. The molecular weight excluding hydrogens is 400 g/mol. The third-order valence-corrected chi connectivity index (χ3v) is 5.85. The molecule has 0 radical (unpaired) electrons. The second-order valence-corrected chi connectivity index (χ2v) is 8.01. The number of hydrogen-bond donors (Lipinski definition) is 2. The van der Waals surface area contributed by atoms with E-state index in [1.54, 1.807) is 24.3 Å². The number of carbonyl (C=O) groups is 1. The zero-order chi connectivity index (χ0) is 19.7. The van der Waals surface area contributed by atoms with E-state index < -0.39 is 5.97 Å². The van der Waals surface area contributed by atoms with Gasteiger partial charge in [-0.05, 0) is 54.5 Å². The molecule has 0 aromatic heterocycles. The van der Waals surface area contributed by atoms with Crippen LogP contribution >= 0.6 is 23.5 Å². The van der Waals surface area contributed by atoms with E-state index in [-0.39, 0.29) is 11.7 Å². The molecule has 0 amide bonds. The van der Waals surface area contributed by atoms with E-state index in [4.69, 9.17) is 21.1 Å². The summed E-state index contributed by atoms with van der Waals surface area (Å²) in [5.74, 6) is 0.0403. The molecule has 2 fully saturated rings. The van der Waals surface area contributed by atoms with Crippen molar-refractivity contribution in [2.75, 3.05) is 17.9 Å². The highest BCUT2D eigenvalue weighted by atomic mass is 35.5. The van der Waals surface area contributed by atoms with E-state index in [0.717, 1.165) is 23.3 Å². The molecule has 8 heteroatoms. The van der Waals surface area contributed by atoms with Crippen molar-refractivity contribution < 1.29 is 19.4 Å². The van der Waals surface area contributed by atoms with Gasteiger partial charge in [0.2, 0.25) is 0 Å². The molecule has 2 aliphatic rings. The summed E-state index contributed by atoms with van der Waals surface area (Å²) in [5, 5.41) is 18.9. The van der Waals surface area contributed by atoms with Crippen molar-refractivity contribution in [3.63, 3.8) is 0 Å². The molecule has 6 nitrogen and oxygen atoms in total. The monoisotopic (exact) mass is 416 g/mol. The summed E-state index contributed by atoms with van der Waals surface area (Å²) in [5.41, 5.74) is 2.32. The van der Waals surface area contributed by atoms with Crippen molar-refractivity contribution in [1.29, 1.82) is 5.26 Å². The predicted molar refractivity (Wildman–Crippen MR) is 106 cm³/mol. The molecular formula is C20H17ClN2O4S. The SMILES string of the molecule is N#Cc1cc(NSc2cc(C(=O)O)ccc2C2CC2)c(OC2COC2)cc1Cl. The van der Waals surface area contributed by atoms with E-state index in [2.05, 4.69) is 10.8 Å². The van der Waals surface area contributed by atoms with Crippen LogP contribution in [0.3, 0.4) is 0 Å². The van der Waals surface area contributed by atoms with Crippen LogP contribution in [0.15, 0.2) is 35.2 Å². The largest absolute Gasteiger partial charge is 0.483 e. The van der Waals surface area contributed by atoms with Crippen molar-refractivity contribution in [3.05, 3.63) is 52.0 Å². The Morgan fingerprint density at radius 3 is 2.71 bits per heavy atom. The molecule has 1 heterocycles. The Labute approximate surface area is 171 Å². The lowest BCUT2D eigenvalue weighted by Crippen LogP contribution is -2.38. The van der Waals surface area contributed by atoms with Gasteiger partial charge in [-0.2, -0.15) is 5.26 Å². The van der Waals surface area contributed by atoms with Gasteiger partial charge in [0, 0.05) is 11.0 Å². The number of ether oxygens (including phenoxy) is 2. The molecule has 1 aliphatic carbocycles. The molecule has 1 aliphatic heterocycles. The zero-order valence-electron chi connectivity index (χ0n) is 14.8. The number of hydrogen-bond acceptors (Lipinski definition) is 6. The average molecular weight is 417 g/mol. The Morgan fingerprint density at radius 2 is 2.11 bits per heavy atom. The first kappa shape index (κ1) is 18.9. The summed E-state index contributed by atoms with van der Waals surface area (Å²) in [7, 11) is 0. The third kappa shape index (κ3) is 4.04. The summed E-state index contributed by atoms with van der Waals surface area (Å²) >= 11 is 7.48. The maximum absolute atomic E-state index is 11.3. The number of rotatable bonds is 7. The third-order valence-electron chi connectivity index (χ3n) is 4.64. The number of benzene rings is 2.